The second-order valence-electron chi connectivity index (χ2n) is 5.22. The van der Waals surface area contributed by atoms with Gasteiger partial charge in [0, 0.05) is 16.6 Å². The minimum Gasteiger partial charge on any atom is -0.280 e. The zero-order valence-corrected chi connectivity index (χ0v) is 14.7. The molecular weight excluding hydrogens is 374 g/mol. The van der Waals surface area contributed by atoms with Gasteiger partial charge in [0.25, 0.3) is 10.0 Å². The van der Waals surface area contributed by atoms with Gasteiger partial charge in [0.2, 0.25) is 0 Å². The van der Waals surface area contributed by atoms with Gasteiger partial charge in [0.15, 0.2) is 0 Å². The fraction of sp³-hybridized carbons (Fsp3) is 0. The average molecular weight is 385 g/mol. The molecule has 0 spiro atoms. The number of nitrogens with one attached hydrogen (secondary N) is 1. The van der Waals surface area contributed by atoms with Gasteiger partial charge < -0.3 is 0 Å². The molecule has 0 amide bonds. The Labute approximate surface area is 152 Å². The third-order valence-electron chi connectivity index (χ3n) is 3.53. The van der Waals surface area contributed by atoms with E-state index in [0.717, 1.165) is 11.3 Å². The van der Waals surface area contributed by atoms with E-state index >= 15 is 0 Å². The van der Waals surface area contributed by atoms with Crippen LogP contribution in [0, 0.1) is 0 Å². The minimum absolute atomic E-state index is 0.110. The second-order valence-corrected chi connectivity index (χ2v) is 7.52. The third kappa shape index (κ3) is 3.30. The Hall–Kier alpha value is -3.18. The number of hydrogen-bond donors (Lipinski definition) is 1. The van der Waals surface area contributed by atoms with E-state index in [2.05, 4.69) is 29.8 Å². The van der Waals surface area contributed by atoms with Gasteiger partial charge in [-0.15, -0.1) is 10.2 Å². The Morgan fingerprint density at radius 3 is 2.62 bits per heavy atom. The molecule has 0 radical (unpaired) electrons. The molecule has 1 N–H and O–H groups in total. The summed E-state index contributed by atoms with van der Waals surface area (Å²) < 4.78 is 33.0. The van der Waals surface area contributed by atoms with Crippen molar-refractivity contribution in [2.75, 3.05) is 4.72 Å². The minimum atomic E-state index is -3.75. The largest absolute Gasteiger partial charge is 0.280 e. The topological polar surface area (TPSA) is 116 Å². The first-order valence-electron chi connectivity index (χ1n) is 7.35. The van der Waals surface area contributed by atoms with Crippen molar-refractivity contribution in [2.24, 2.45) is 0 Å². The van der Waals surface area contributed by atoms with Crippen molar-refractivity contribution >= 4 is 27.2 Å². The molecule has 0 aliphatic rings. The van der Waals surface area contributed by atoms with Gasteiger partial charge in [0.1, 0.15) is 12.0 Å². The average Bonchev–Trinajstić information content (AvgIpc) is 3.36. The predicted molar refractivity (Wildman–Crippen MR) is 95.3 cm³/mol. The van der Waals surface area contributed by atoms with Crippen LogP contribution in [0.2, 0.25) is 0 Å². The molecule has 0 atom stereocenters. The lowest BCUT2D eigenvalue weighted by molar-refractivity contribution is 0.601. The van der Waals surface area contributed by atoms with E-state index < -0.39 is 10.0 Å². The van der Waals surface area contributed by atoms with Crippen LogP contribution in [-0.4, -0.2) is 38.2 Å². The number of rotatable bonds is 5. The van der Waals surface area contributed by atoms with Crippen LogP contribution in [0.25, 0.3) is 16.9 Å². The summed E-state index contributed by atoms with van der Waals surface area (Å²) in [7, 11) is -3.75. The van der Waals surface area contributed by atoms with Crippen molar-refractivity contribution in [3.05, 3.63) is 60.2 Å². The molecule has 26 heavy (non-hydrogen) atoms. The molecule has 2 heterocycles. The predicted octanol–water partition coefficient (Wildman–Crippen LogP) is 1.98. The molecule has 0 unspecified atom stereocenters. The van der Waals surface area contributed by atoms with Gasteiger partial charge >= 0.3 is 0 Å². The highest BCUT2D eigenvalue weighted by molar-refractivity contribution is 7.92. The molecule has 0 fully saturated rings. The smallest absolute Gasteiger partial charge is 0.261 e. The van der Waals surface area contributed by atoms with E-state index in [1.54, 1.807) is 36.4 Å². The zero-order valence-electron chi connectivity index (χ0n) is 13.1. The maximum absolute atomic E-state index is 12.6. The highest BCUT2D eigenvalue weighted by Crippen LogP contribution is 2.22. The van der Waals surface area contributed by atoms with E-state index in [1.165, 1.54) is 34.7 Å². The van der Waals surface area contributed by atoms with Crippen LogP contribution >= 0.6 is 11.5 Å². The van der Waals surface area contributed by atoms with Crippen molar-refractivity contribution < 1.29 is 8.42 Å². The molecule has 2 aromatic carbocycles. The Bertz CT molecular complexity index is 1110. The van der Waals surface area contributed by atoms with Gasteiger partial charge in [0.05, 0.1) is 10.6 Å². The summed E-state index contributed by atoms with van der Waals surface area (Å²) in [6.45, 7) is 0. The number of hydrogen-bond acceptors (Lipinski definition) is 8. The fourth-order valence-corrected chi connectivity index (χ4v) is 3.85. The van der Waals surface area contributed by atoms with Gasteiger partial charge in [-0.1, -0.05) is 22.7 Å². The van der Waals surface area contributed by atoms with Gasteiger partial charge in [-0.2, -0.15) is 0 Å². The number of sulfonamides is 1. The number of tetrazole rings is 1. The molecule has 0 saturated heterocycles. The molecule has 0 aliphatic heterocycles. The van der Waals surface area contributed by atoms with Crippen LogP contribution in [0.1, 0.15) is 0 Å². The summed E-state index contributed by atoms with van der Waals surface area (Å²) in [6.07, 6.45) is 1.39. The highest BCUT2D eigenvalue weighted by Gasteiger charge is 2.15. The maximum atomic E-state index is 12.6. The quantitative estimate of drug-likeness (QED) is 0.558. The molecule has 0 saturated carbocycles. The van der Waals surface area contributed by atoms with Crippen LogP contribution in [0.5, 0.6) is 0 Å². The highest BCUT2D eigenvalue weighted by atomic mass is 32.2. The first-order valence-corrected chi connectivity index (χ1v) is 9.67. The van der Waals surface area contributed by atoms with Crippen molar-refractivity contribution in [1.82, 2.24) is 29.8 Å². The van der Waals surface area contributed by atoms with Crippen LogP contribution in [0.4, 0.5) is 5.69 Å². The molecule has 0 aliphatic carbocycles. The Morgan fingerprint density at radius 2 is 1.92 bits per heavy atom. The molecule has 11 heteroatoms. The van der Waals surface area contributed by atoms with Crippen LogP contribution in [0.3, 0.4) is 0 Å². The Balaban J connectivity index is 1.58. The molecule has 0 bridgehead atoms. The molecule has 2 aromatic heterocycles. The number of anilines is 1. The monoisotopic (exact) mass is 385 g/mol. The SMILES string of the molecule is O=S(=O)(Nc1ccc(-c2csnn2)cc1)c1cccc(-n2cnnn2)c1. The van der Waals surface area contributed by atoms with Crippen molar-refractivity contribution in [2.45, 2.75) is 4.90 Å². The summed E-state index contributed by atoms with van der Waals surface area (Å²) >= 11 is 1.26. The molecule has 130 valence electrons. The second kappa shape index (κ2) is 6.61. The molecule has 9 nitrogen and oxygen atoms in total. The maximum Gasteiger partial charge on any atom is 0.261 e. The number of nitrogens with zero attached hydrogens (tertiary/aromatic N) is 6. The van der Waals surface area contributed by atoms with Crippen LogP contribution in [0.15, 0.2) is 65.1 Å². The number of benzene rings is 2. The first-order chi connectivity index (χ1) is 12.6. The normalized spacial score (nSPS) is 11.4. The van der Waals surface area contributed by atoms with Crippen molar-refractivity contribution in [1.29, 1.82) is 0 Å². The lowest BCUT2D eigenvalue weighted by atomic mass is 10.2. The van der Waals surface area contributed by atoms with E-state index in [0.29, 0.717) is 11.4 Å². The summed E-state index contributed by atoms with van der Waals surface area (Å²) in [5, 5.41) is 16.7. The van der Waals surface area contributed by atoms with Crippen LogP contribution in [-0.2, 0) is 10.0 Å². The zero-order chi connectivity index (χ0) is 18.0. The third-order valence-corrected chi connectivity index (χ3v) is 5.42. The van der Waals surface area contributed by atoms with E-state index in [-0.39, 0.29) is 4.90 Å². The van der Waals surface area contributed by atoms with Crippen molar-refractivity contribution in [3.63, 3.8) is 0 Å². The fourth-order valence-electron chi connectivity index (χ4n) is 2.29. The standard InChI is InChI=1S/C15H11N7O2S2/c23-26(24,14-3-1-2-13(8-14)22-10-16-19-20-22)18-12-6-4-11(5-7-12)15-9-25-21-17-15/h1-10,18H. The van der Waals surface area contributed by atoms with E-state index in [4.69, 9.17) is 0 Å². The Morgan fingerprint density at radius 1 is 1.08 bits per heavy atom. The molecule has 4 aromatic rings. The summed E-state index contributed by atoms with van der Waals surface area (Å²) in [5.41, 5.74) is 2.61. The van der Waals surface area contributed by atoms with Crippen LogP contribution < -0.4 is 4.72 Å². The number of aromatic nitrogens is 6. The lowest BCUT2D eigenvalue weighted by Crippen LogP contribution is -2.13. The lowest BCUT2D eigenvalue weighted by Gasteiger charge is -2.09. The van der Waals surface area contributed by atoms with Gasteiger partial charge in [-0.3, -0.25) is 4.72 Å². The molecule has 4 rings (SSSR count). The summed E-state index contributed by atoms with van der Waals surface area (Å²) in [4.78, 5) is 0.110. The Kier molecular flexibility index (Phi) is 4.14. The van der Waals surface area contributed by atoms with E-state index in [1.807, 2.05) is 5.38 Å². The summed E-state index contributed by atoms with van der Waals surface area (Å²) in [5.74, 6) is 0. The van der Waals surface area contributed by atoms with Gasteiger partial charge in [-0.25, -0.2) is 13.1 Å². The van der Waals surface area contributed by atoms with Crippen molar-refractivity contribution in [3.8, 4) is 16.9 Å². The molecular formula is C15H11N7O2S2. The summed E-state index contributed by atoms with van der Waals surface area (Å²) in [6, 6.07) is 13.3. The first kappa shape index (κ1) is 16.3. The van der Waals surface area contributed by atoms with E-state index in [9.17, 15) is 8.42 Å². The van der Waals surface area contributed by atoms with Gasteiger partial charge in [-0.05, 0) is 52.3 Å².